The average molecular weight is 412 g/mol. The number of esters is 1. The molecule has 0 bridgehead atoms. The van der Waals surface area contributed by atoms with E-state index in [0.29, 0.717) is 19.6 Å². The minimum Gasteiger partial charge on any atom is -0.466 e. The third-order valence-electron chi connectivity index (χ3n) is 5.23. The van der Waals surface area contributed by atoms with Crippen LogP contribution in [0.15, 0.2) is 0 Å². The molecule has 2 heterocycles. The molecular weight excluding hydrogens is 374 g/mol. The summed E-state index contributed by atoms with van der Waals surface area (Å²) >= 11 is 0. The first-order valence-corrected chi connectivity index (χ1v) is 10.9. The molecule has 2 rings (SSSR count). The van der Waals surface area contributed by atoms with E-state index in [1.165, 1.54) is 24.2 Å². The Morgan fingerprint density at radius 1 is 1.03 bits per heavy atom. The topological polar surface area (TPSA) is 79.4 Å². The second-order valence-electron chi connectivity index (χ2n) is 8.78. The molecule has 0 radical (unpaired) electrons. The van der Waals surface area contributed by atoms with Crippen LogP contribution in [0.5, 0.6) is 0 Å². The normalized spacial score (nSPS) is 21.2. The lowest BCUT2D eigenvalue weighted by Gasteiger charge is -2.40. The summed E-state index contributed by atoms with van der Waals surface area (Å²) in [5.41, 5.74) is -0.666. The first-order valence-electron chi connectivity index (χ1n) is 10.9. The quantitative estimate of drug-likeness (QED) is 0.598. The molecule has 2 aliphatic rings. The number of carbonyl (C=O) groups excluding carboxylic acids is 3. The highest BCUT2D eigenvalue weighted by Crippen LogP contribution is 2.20. The van der Waals surface area contributed by atoms with Gasteiger partial charge >= 0.3 is 12.1 Å². The summed E-state index contributed by atoms with van der Waals surface area (Å²) in [6, 6.07) is -0.868. The Hall–Kier alpha value is -1.83. The van der Waals surface area contributed by atoms with E-state index >= 15 is 0 Å². The molecule has 2 fully saturated rings. The molecule has 1 atom stereocenters. The number of nitrogens with zero attached hydrogens (tertiary/aromatic N) is 3. The first-order chi connectivity index (χ1) is 13.7. The highest BCUT2D eigenvalue weighted by molar-refractivity contribution is 5.90. The van der Waals surface area contributed by atoms with Gasteiger partial charge in [0.1, 0.15) is 11.6 Å². The molecule has 8 heteroatoms. The Kier molecular flexibility index (Phi) is 8.74. The molecule has 0 aromatic rings. The Labute approximate surface area is 174 Å². The predicted molar refractivity (Wildman–Crippen MR) is 109 cm³/mol. The van der Waals surface area contributed by atoms with Crippen LogP contribution in [0, 0.1) is 0 Å². The van der Waals surface area contributed by atoms with E-state index in [-0.39, 0.29) is 18.9 Å². The van der Waals surface area contributed by atoms with Gasteiger partial charge in [-0.25, -0.2) is 4.79 Å². The number of rotatable bonds is 7. The summed E-state index contributed by atoms with van der Waals surface area (Å²) in [6.45, 7) is 12.0. The predicted octanol–water partition coefficient (Wildman–Crippen LogP) is 2.26. The van der Waals surface area contributed by atoms with Crippen LogP contribution in [0.3, 0.4) is 0 Å². The van der Waals surface area contributed by atoms with Crippen molar-refractivity contribution in [1.29, 1.82) is 0 Å². The van der Waals surface area contributed by atoms with Crippen LogP contribution >= 0.6 is 0 Å². The monoisotopic (exact) mass is 411 g/mol. The van der Waals surface area contributed by atoms with Crippen molar-refractivity contribution >= 4 is 18.0 Å². The van der Waals surface area contributed by atoms with E-state index < -0.39 is 23.7 Å². The SMILES string of the molecule is CCOC(=O)CC1C(=O)N(CCCN2CCCCC2)CCN1C(=O)OC(C)(C)C. The third-order valence-corrected chi connectivity index (χ3v) is 5.23. The average Bonchev–Trinajstić information content (AvgIpc) is 2.64. The third kappa shape index (κ3) is 7.49. The molecule has 1 unspecified atom stereocenters. The summed E-state index contributed by atoms with van der Waals surface area (Å²) in [6.07, 6.45) is 3.98. The highest BCUT2D eigenvalue weighted by atomic mass is 16.6. The minimum absolute atomic E-state index is 0.144. The molecule has 0 spiro atoms. The molecule has 0 saturated carbocycles. The Balaban J connectivity index is 1.98. The van der Waals surface area contributed by atoms with Crippen molar-refractivity contribution in [2.45, 2.75) is 71.4 Å². The fraction of sp³-hybridized carbons (Fsp3) is 0.857. The van der Waals surface area contributed by atoms with Gasteiger partial charge in [-0.1, -0.05) is 6.42 Å². The second kappa shape index (κ2) is 10.8. The van der Waals surface area contributed by atoms with Gasteiger partial charge in [0.05, 0.1) is 13.0 Å². The van der Waals surface area contributed by atoms with Crippen LogP contribution in [-0.2, 0) is 19.1 Å². The van der Waals surface area contributed by atoms with Crippen LogP contribution in [0.4, 0.5) is 4.79 Å². The van der Waals surface area contributed by atoms with Gasteiger partial charge in [-0.05, 0) is 66.6 Å². The Morgan fingerprint density at radius 2 is 1.72 bits per heavy atom. The summed E-state index contributed by atoms with van der Waals surface area (Å²) in [4.78, 5) is 43.4. The van der Waals surface area contributed by atoms with Crippen molar-refractivity contribution in [3.8, 4) is 0 Å². The zero-order valence-corrected chi connectivity index (χ0v) is 18.4. The molecule has 2 amide bonds. The largest absolute Gasteiger partial charge is 0.466 e. The van der Waals surface area contributed by atoms with Crippen LogP contribution < -0.4 is 0 Å². The van der Waals surface area contributed by atoms with E-state index in [1.54, 1.807) is 32.6 Å². The van der Waals surface area contributed by atoms with Gasteiger partial charge in [-0.2, -0.15) is 0 Å². The number of hydrogen-bond donors (Lipinski definition) is 0. The Bertz CT molecular complexity index is 569. The van der Waals surface area contributed by atoms with Crippen LogP contribution in [0.1, 0.15) is 59.8 Å². The van der Waals surface area contributed by atoms with E-state index in [0.717, 1.165) is 26.1 Å². The zero-order valence-electron chi connectivity index (χ0n) is 18.4. The van der Waals surface area contributed by atoms with Gasteiger partial charge in [-0.15, -0.1) is 0 Å². The van der Waals surface area contributed by atoms with Gasteiger partial charge < -0.3 is 19.3 Å². The molecule has 0 N–H and O–H groups in total. The highest BCUT2D eigenvalue weighted by Gasteiger charge is 2.40. The number of amides is 2. The molecule has 0 aromatic carbocycles. The number of hydrogen-bond acceptors (Lipinski definition) is 6. The summed E-state index contributed by atoms with van der Waals surface area (Å²) in [5, 5.41) is 0. The van der Waals surface area contributed by atoms with Gasteiger partial charge in [0.2, 0.25) is 5.91 Å². The fourth-order valence-corrected chi connectivity index (χ4v) is 3.84. The summed E-state index contributed by atoms with van der Waals surface area (Å²) in [5.74, 6) is -0.677. The number of ether oxygens (including phenoxy) is 2. The zero-order chi connectivity index (χ0) is 21.4. The maximum Gasteiger partial charge on any atom is 0.411 e. The van der Waals surface area contributed by atoms with Gasteiger partial charge in [0, 0.05) is 19.6 Å². The molecule has 29 heavy (non-hydrogen) atoms. The summed E-state index contributed by atoms with van der Waals surface area (Å²) in [7, 11) is 0. The molecular formula is C21H37N3O5. The molecule has 0 aliphatic carbocycles. The second-order valence-corrected chi connectivity index (χ2v) is 8.78. The van der Waals surface area contributed by atoms with Crippen molar-refractivity contribution < 1.29 is 23.9 Å². The number of piperazine rings is 1. The molecule has 166 valence electrons. The summed E-state index contributed by atoms with van der Waals surface area (Å²) < 4.78 is 10.5. The molecule has 2 aliphatic heterocycles. The van der Waals surface area contributed by atoms with Crippen molar-refractivity contribution in [1.82, 2.24) is 14.7 Å². The van der Waals surface area contributed by atoms with Gasteiger partial charge in [-0.3, -0.25) is 14.5 Å². The molecule has 0 aromatic heterocycles. The van der Waals surface area contributed by atoms with Crippen LogP contribution in [0.25, 0.3) is 0 Å². The maximum atomic E-state index is 13.1. The van der Waals surface area contributed by atoms with E-state index in [2.05, 4.69) is 4.90 Å². The van der Waals surface area contributed by atoms with Crippen molar-refractivity contribution in [3.63, 3.8) is 0 Å². The number of carbonyl (C=O) groups is 3. The number of piperidine rings is 1. The maximum absolute atomic E-state index is 13.1. The van der Waals surface area contributed by atoms with E-state index in [9.17, 15) is 14.4 Å². The fourth-order valence-electron chi connectivity index (χ4n) is 3.84. The van der Waals surface area contributed by atoms with Crippen molar-refractivity contribution in [2.75, 3.05) is 45.9 Å². The van der Waals surface area contributed by atoms with Crippen LogP contribution in [-0.4, -0.2) is 90.2 Å². The van der Waals surface area contributed by atoms with Crippen LogP contribution in [0.2, 0.25) is 0 Å². The standard InChI is InChI=1S/C21H37N3O5/c1-5-28-18(25)16-17-19(26)23(13-9-12-22-10-7-6-8-11-22)14-15-24(17)20(27)29-21(2,3)4/h17H,5-16H2,1-4H3. The van der Waals surface area contributed by atoms with Crippen molar-refractivity contribution in [2.24, 2.45) is 0 Å². The smallest absolute Gasteiger partial charge is 0.411 e. The Morgan fingerprint density at radius 3 is 2.34 bits per heavy atom. The first kappa shape index (κ1) is 23.4. The van der Waals surface area contributed by atoms with E-state index in [4.69, 9.17) is 9.47 Å². The lowest BCUT2D eigenvalue weighted by Crippen LogP contribution is -2.60. The molecule has 2 saturated heterocycles. The lowest BCUT2D eigenvalue weighted by atomic mass is 10.1. The number of likely N-dealkylation sites (tertiary alicyclic amines) is 1. The molecule has 8 nitrogen and oxygen atoms in total. The van der Waals surface area contributed by atoms with E-state index in [1.807, 2.05) is 0 Å². The van der Waals surface area contributed by atoms with Crippen molar-refractivity contribution in [3.05, 3.63) is 0 Å². The minimum atomic E-state index is -0.868. The van der Waals surface area contributed by atoms with Gasteiger partial charge in [0.15, 0.2) is 0 Å². The van der Waals surface area contributed by atoms with Gasteiger partial charge in [0.25, 0.3) is 0 Å². The lowest BCUT2D eigenvalue weighted by molar-refractivity contribution is -0.152.